The van der Waals surface area contributed by atoms with E-state index in [0.717, 1.165) is 37.8 Å². The lowest BCUT2D eigenvalue weighted by Crippen LogP contribution is -2.38. The minimum Gasteiger partial charge on any atom is -0.493 e. The van der Waals surface area contributed by atoms with Crippen molar-refractivity contribution in [3.05, 3.63) is 87.7 Å². The monoisotopic (exact) mass is 579 g/mol. The number of rotatable bonds is 10. The molecular formula is C30H34BrN3O4. The van der Waals surface area contributed by atoms with Crippen molar-refractivity contribution in [2.45, 2.75) is 24.9 Å². The Balaban J connectivity index is 2.13. The molecule has 4 aromatic rings. The fourth-order valence-electron chi connectivity index (χ4n) is 5.11. The van der Waals surface area contributed by atoms with Gasteiger partial charge in [0.25, 0.3) is 0 Å². The summed E-state index contributed by atoms with van der Waals surface area (Å²) < 4.78 is 18.4. The summed E-state index contributed by atoms with van der Waals surface area (Å²) in [6, 6.07) is 17.5. The molecular weight excluding hydrogens is 546 g/mol. The zero-order valence-corrected chi connectivity index (χ0v) is 24.2. The molecule has 2 heterocycles. The number of benzene rings is 2. The Bertz CT molecular complexity index is 1430. The molecule has 0 fully saturated rings. The molecule has 4 rings (SSSR count). The van der Waals surface area contributed by atoms with Crippen molar-refractivity contribution in [1.29, 1.82) is 0 Å². The molecule has 2 aromatic heterocycles. The number of fused-ring (bicyclic) bond motifs is 1. The van der Waals surface area contributed by atoms with Gasteiger partial charge in [-0.25, -0.2) is 4.98 Å². The lowest BCUT2D eigenvalue weighted by molar-refractivity contribution is 0.00225. The van der Waals surface area contributed by atoms with Crippen LogP contribution in [0.25, 0.3) is 10.9 Å². The van der Waals surface area contributed by atoms with Gasteiger partial charge in [-0.1, -0.05) is 34.1 Å². The summed E-state index contributed by atoms with van der Waals surface area (Å²) in [6.45, 7) is 2.55. The molecule has 0 aliphatic carbocycles. The molecule has 0 spiro atoms. The van der Waals surface area contributed by atoms with Crippen LogP contribution in [-0.4, -0.2) is 61.9 Å². The van der Waals surface area contributed by atoms with E-state index in [4.69, 9.17) is 19.2 Å². The molecule has 0 aliphatic heterocycles. The van der Waals surface area contributed by atoms with Crippen LogP contribution >= 0.6 is 15.9 Å². The maximum absolute atomic E-state index is 13.0. The third-order valence-electron chi connectivity index (χ3n) is 6.91. The molecule has 7 nitrogen and oxygen atoms in total. The number of aryl methyl sites for hydroxylation is 1. The Morgan fingerprint density at radius 2 is 1.76 bits per heavy atom. The summed E-state index contributed by atoms with van der Waals surface area (Å²) >= 11 is 3.58. The van der Waals surface area contributed by atoms with Gasteiger partial charge in [-0.05, 0) is 63.8 Å². The fraction of sp³-hybridized carbons (Fsp3) is 0.333. The van der Waals surface area contributed by atoms with Gasteiger partial charge in [-0.2, -0.15) is 0 Å². The van der Waals surface area contributed by atoms with E-state index in [1.807, 2.05) is 75.6 Å². The third kappa shape index (κ3) is 5.34. The van der Waals surface area contributed by atoms with Gasteiger partial charge in [0.1, 0.15) is 5.60 Å². The Kier molecular flexibility index (Phi) is 8.55. The lowest BCUT2D eigenvalue weighted by atomic mass is 9.71. The van der Waals surface area contributed by atoms with E-state index < -0.39 is 11.5 Å². The summed E-state index contributed by atoms with van der Waals surface area (Å²) in [5.41, 5.74) is 2.35. The van der Waals surface area contributed by atoms with E-state index >= 15 is 0 Å². The molecule has 200 valence electrons. The number of pyridine rings is 2. The second-order valence-electron chi connectivity index (χ2n) is 9.55. The van der Waals surface area contributed by atoms with Crippen LogP contribution in [-0.2, 0) is 5.60 Å². The number of aliphatic hydroxyl groups is 1. The van der Waals surface area contributed by atoms with Gasteiger partial charge >= 0.3 is 0 Å². The van der Waals surface area contributed by atoms with Crippen molar-refractivity contribution < 1.29 is 19.3 Å². The highest BCUT2D eigenvalue weighted by atomic mass is 79.9. The SMILES string of the molecule is COc1cccc(C(c2cc3cc(Br)ccc3nc2OC)C(O)(CCN(C)C)c2cccnc2C)c1OC. The van der Waals surface area contributed by atoms with Crippen molar-refractivity contribution in [1.82, 2.24) is 14.9 Å². The van der Waals surface area contributed by atoms with Crippen LogP contribution in [0.15, 0.2) is 65.3 Å². The van der Waals surface area contributed by atoms with Crippen LogP contribution in [0.2, 0.25) is 0 Å². The quantitative estimate of drug-likeness (QED) is 0.258. The molecule has 0 saturated carbocycles. The fourth-order valence-corrected chi connectivity index (χ4v) is 5.49. The third-order valence-corrected chi connectivity index (χ3v) is 7.40. The summed E-state index contributed by atoms with van der Waals surface area (Å²) in [5, 5.41) is 13.9. The molecule has 0 radical (unpaired) electrons. The average Bonchev–Trinajstić information content (AvgIpc) is 2.91. The van der Waals surface area contributed by atoms with E-state index in [9.17, 15) is 5.11 Å². The van der Waals surface area contributed by atoms with Gasteiger partial charge < -0.3 is 24.2 Å². The maximum Gasteiger partial charge on any atom is 0.217 e. The number of hydrogen-bond acceptors (Lipinski definition) is 7. The van der Waals surface area contributed by atoms with Crippen LogP contribution in [0.5, 0.6) is 17.4 Å². The van der Waals surface area contributed by atoms with Crippen molar-refractivity contribution in [2.75, 3.05) is 42.0 Å². The van der Waals surface area contributed by atoms with E-state index in [2.05, 4.69) is 25.8 Å². The normalized spacial score (nSPS) is 13.8. The number of nitrogens with zero attached hydrogens (tertiary/aromatic N) is 3. The van der Waals surface area contributed by atoms with Crippen LogP contribution in [0.1, 0.15) is 34.7 Å². The zero-order chi connectivity index (χ0) is 27.4. The lowest BCUT2D eigenvalue weighted by Gasteiger charge is -2.39. The first-order valence-corrected chi connectivity index (χ1v) is 13.2. The molecule has 1 N–H and O–H groups in total. The number of para-hydroxylation sites is 1. The van der Waals surface area contributed by atoms with E-state index in [-0.39, 0.29) is 0 Å². The molecule has 2 atom stereocenters. The molecule has 0 aliphatic rings. The van der Waals surface area contributed by atoms with E-state index in [0.29, 0.717) is 30.3 Å². The van der Waals surface area contributed by atoms with Crippen LogP contribution in [0.3, 0.4) is 0 Å². The van der Waals surface area contributed by atoms with Crippen LogP contribution in [0.4, 0.5) is 0 Å². The molecule has 38 heavy (non-hydrogen) atoms. The summed E-state index contributed by atoms with van der Waals surface area (Å²) in [6.07, 6.45) is 2.15. The topological polar surface area (TPSA) is 76.9 Å². The Hall–Kier alpha value is -3.20. The number of methoxy groups -OCH3 is 3. The highest BCUT2D eigenvalue weighted by molar-refractivity contribution is 9.10. The van der Waals surface area contributed by atoms with Crippen molar-refractivity contribution in [2.24, 2.45) is 0 Å². The van der Waals surface area contributed by atoms with Crippen molar-refractivity contribution in [3.63, 3.8) is 0 Å². The molecule has 8 heteroatoms. The first-order chi connectivity index (χ1) is 18.2. The molecule has 0 bridgehead atoms. The second kappa shape index (κ2) is 11.7. The Labute approximate surface area is 232 Å². The standard InChI is InChI=1S/C30H34BrN3O4/c1-19-24(10-8-15-32-19)30(35,14-16-34(2)3)27(22-9-7-11-26(36-4)28(22)37-5)23-18-20-17-21(31)12-13-25(20)33-29(23)38-6/h7-13,15,17-18,27,35H,14,16H2,1-6H3. The van der Waals surface area contributed by atoms with Gasteiger partial charge in [0.2, 0.25) is 5.88 Å². The Morgan fingerprint density at radius 1 is 0.974 bits per heavy atom. The largest absolute Gasteiger partial charge is 0.493 e. The van der Waals surface area contributed by atoms with Gasteiger partial charge in [0.15, 0.2) is 11.5 Å². The van der Waals surface area contributed by atoms with Gasteiger partial charge in [0.05, 0.1) is 32.8 Å². The van der Waals surface area contributed by atoms with Crippen LogP contribution in [0, 0.1) is 6.92 Å². The highest BCUT2D eigenvalue weighted by Crippen LogP contribution is 2.51. The smallest absolute Gasteiger partial charge is 0.217 e. The molecule has 2 aromatic carbocycles. The number of hydrogen-bond donors (Lipinski definition) is 1. The van der Waals surface area contributed by atoms with Gasteiger partial charge in [-0.3, -0.25) is 4.98 Å². The molecule has 0 saturated heterocycles. The summed E-state index contributed by atoms with van der Waals surface area (Å²) in [7, 11) is 8.81. The van der Waals surface area contributed by atoms with E-state index in [1.54, 1.807) is 27.5 Å². The average molecular weight is 581 g/mol. The maximum atomic E-state index is 13.0. The van der Waals surface area contributed by atoms with Gasteiger partial charge in [-0.15, -0.1) is 0 Å². The minimum atomic E-state index is -1.41. The molecule has 2 unspecified atom stereocenters. The minimum absolute atomic E-state index is 0.414. The number of ether oxygens (including phenoxy) is 3. The predicted molar refractivity (Wildman–Crippen MR) is 153 cm³/mol. The van der Waals surface area contributed by atoms with E-state index in [1.165, 1.54) is 0 Å². The van der Waals surface area contributed by atoms with Crippen molar-refractivity contribution >= 4 is 26.8 Å². The Morgan fingerprint density at radius 3 is 2.42 bits per heavy atom. The molecule has 0 amide bonds. The van der Waals surface area contributed by atoms with Gasteiger partial charge in [0, 0.05) is 45.0 Å². The summed E-state index contributed by atoms with van der Waals surface area (Å²) in [5.74, 6) is 0.908. The number of halogens is 1. The summed E-state index contributed by atoms with van der Waals surface area (Å²) in [4.78, 5) is 11.5. The first-order valence-electron chi connectivity index (χ1n) is 12.4. The predicted octanol–water partition coefficient (Wildman–Crippen LogP) is 5.70. The zero-order valence-electron chi connectivity index (χ0n) is 22.7. The van der Waals surface area contributed by atoms with Crippen LogP contribution < -0.4 is 14.2 Å². The van der Waals surface area contributed by atoms with Crippen molar-refractivity contribution in [3.8, 4) is 17.4 Å². The number of aromatic nitrogens is 2. The first kappa shape index (κ1) is 27.8. The highest BCUT2D eigenvalue weighted by Gasteiger charge is 2.45. The second-order valence-corrected chi connectivity index (χ2v) is 10.5.